The summed E-state index contributed by atoms with van der Waals surface area (Å²) in [5, 5.41) is 2.87. The lowest BCUT2D eigenvalue weighted by atomic mass is 9.86. The van der Waals surface area contributed by atoms with Crippen LogP contribution in [0.3, 0.4) is 0 Å². The van der Waals surface area contributed by atoms with Crippen LogP contribution in [-0.2, 0) is 9.59 Å². The minimum Gasteiger partial charge on any atom is -0.340 e. The number of nitrogens with zero attached hydrogens (tertiary/aromatic N) is 1. The van der Waals surface area contributed by atoms with Gasteiger partial charge in [0.25, 0.3) is 0 Å². The third-order valence-corrected chi connectivity index (χ3v) is 6.36. The summed E-state index contributed by atoms with van der Waals surface area (Å²) in [5.41, 5.74) is -0.781. The van der Waals surface area contributed by atoms with Gasteiger partial charge >= 0.3 is 0 Å². The van der Waals surface area contributed by atoms with Crippen LogP contribution < -0.4 is 5.32 Å². The van der Waals surface area contributed by atoms with Crippen molar-refractivity contribution in [1.82, 2.24) is 10.2 Å². The molecule has 120 valence electrons. The molecule has 1 saturated heterocycles. The van der Waals surface area contributed by atoms with Crippen molar-refractivity contribution in [3.63, 3.8) is 0 Å². The second kappa shape index (κ2) is 6.19. The smallest absolute Gasteiger partial charge is 0.248 e. The van der Waals surface area contributed by atoms with Crippen molar-refractivity contribution >= 4 is 23.6 Å². The zero-order chi connectivity index (χ0) is 15.7. The molecule has 1 N–H and O–H groups in total. The molecule has 2 aliphatic rings. The maximum Gasteiger partial charge on any atom is 0.248 e. The zero-order valence-electron chi connectivity index (χ0n) is 13.7. The van der Waals surface area contributed by atoms with Crippen LogP contribution in [0, 0.1) is 0 Å². The molecule has 1 unspecified atom stereocenters. The molecule has 21 heavy (non-hydrogen) atoms. The van der Waals surface area contributed by atoms with Gasteiger partial charge in [-0.15, -0.1) is 0 Å². The number of rotatable bonds is 4. The predicted octanol–water partition coefficient (Wildman–Crippen LogP) is 2.57. The summed E-state index contributed by atoms with van der Waals surface area (Å²) < 4.78 is 0.134. The maximum atomic E-state index is 12.8. The Morgan fingerprint density at radius 1 is 1.24 bits per heavy atom. The van der Waals surface area contributed by atoms with Crippen LogP contribution in [0.15, 0.2) is 0 Å². The van der Waals surface area contributed by atoms with Crippen LogP contribution in [0.25, 0.3) is 0 Å². The average molecular weight is 312 g/mol. The standard InChI is InChI=1S/C16H28N2O2S/c1-5-12-13(19)17-15(2,3)14(20)18(12)11-16(21-4)9-7-6-8-10-16/h12H,5-11H2,1-4H3,(H,17,19). The van der Waals surface area contributed by atoms with Crippen molar-refractivity contribution in [2.24, 2.45) is 0 Å². The number of hydrogen-bond donors (Lipinski definition) is 1. The molecule has 2 rings (SSSR count). The van der Waals surface area contributed by atoms with Crippen LogP contribution in [0.1, 0.15) is 59.3 Å². The van der Waals surface area contributed by atoms with E-state index >= 15 is 0 Å². The predicted molar refractivity (Wildman–Crippen MR) is 87.3 cm³/mol. The highest BCUT2D eigenvalue weighted by atomic mass is 32.2. The number of piperazine rings is 1. The van der Waals surface area contributed by atoms with E-state index in [1.165, 1.54) is 19.3 Å². The van der Waals surface area contributed by atoms with Gasteiger partial charge < -0.3 is 10.2 Å². The number of carbonyl (C=O) groups is 2. The molecule has 0 radical (unpaired) electrons. The molecular weight excluding hydrogens is 284 g/mol. The Kier molecular flexibility index (Phi) is 4.91. The molecule has 1 atom stereocenters. The summed E-state index contributed by atoms with van der Waals surface area (Å²) in [6, 6.07) is -0.309. The largest absolute Gasteiger partial charge is 0.340 e. The zero-order valence-corrected chi connectivity index (χ0v) is 14.5. The van der Waals surface area contributed by atoms with Crippen LogP contribution >= 0.6 is 11.8 Å². The van der Waals surface area contributed by atoms with Crippen molar-refractivity contribution in [1.29, 1.82) is 0 Å². The molecule has 0 aromatic carbocycles. The molecule has 1 aliphatic heterocycles. The van der Waals surface area contributed by atoms with Crippen LogP contribution in [-0.4, -0.2) is 45.8 Å². The van der Waals surface area contributed by atoms with Gasteiger partial charge in [-0.25, -0.2) is 0 Å². The van der Waals surface area contributed by atoms with E-state index in [9.17, 15) is 9.59 Å². The van der Waals surface area contributed by atoms with E-state index < -0.39 is 5.54 Å². The number of amides is 2. The Labute approximate surface area is 132 Å². The fraction of sp³-hybridized carbons (Fsp3) is 0.875. The summed E-state index contributed by atoms with van der Waals surface area (Å²) in [6.45, 7) is 6.30. The number of carbonyl (C=O) groups excluding carboxylic acids is 2. The second-order valence-corrected chi connectivity index (χ2v) is 8.19. The normalized spacial score (nSPS) is 28.4. The van der Waals surface area contributed by atoms with E-state index in [0.717, 1.165) is 12.8 Å². The van der Waals surface area contributed by atoms with Gasteiger partial charge in [-0.2, -0.15) is 11.8 Å². The first-order valence-corrected chi connectivity index (χ1v) is 9.26. The van der Waals surface area contributed by atoms with Crippen molar-refractivity contribution in [2.45, 2.75) is 75.6 Å². The molecule has 0 aromatic rings. The van der Waals surface area contributed by atoms with E-state index in [2.05, 4.69) is 11.6 Å². The molecule has 0 bridgehead atoms. The van der Waals surface area contributed by atoms with Crippen LogP contribution in [0.5, 0.6) is 0 Å². The Balaban J connectivity index is 2.24. The second-order valence-electron chi connectivity index (χ2n) is 6.92. The lowest BCUT2D eigenvalue weighted by Crippen LogP contribution is -2.69. The van der Waals surface area contributed by atoms with Crippen molar-refractivity contribution in [2.75, 3.05) is 12.8 Å². The first-order valence-electron chi connectivity index (χ1n) is 8.03. The Morgan fingerprint density at radius 2 is 1.86 bits per heavy atom. The number of thioether (sulfide) groups is 1. The highest BCUT2D eigenvalue weighted by molar-refractivity contribution is 8.00. The van der Waals surface area contributed by atoms with E-state index in [-0.39, 0.29) is 22.6 Å². The van der Waals surface area contributed by atoms with Gasteiger partial charge in [0.1, 0.15) is 11.6 Å². The van der Waals surface area contributed by atoms with Crippen molar-refractivity contribution in [3.05, 3.63) is 0 Å². The van der Waals surface area contributed by atoms with Gasteiger partial charge in [-0.3, -0.25) is 9.59 Å². The van der Waals surface area contributed by atoms with E-state index in [0.29, 0.717) is 13.0 Å². The quantitative estimate of drug-likeness (QED) is 0.868. The fourth-order valence-corrected chi connectivity index (χ4v) is 4.57. The van der Waals surface area contributed by atoms with E-state index in [1.807, 2.05) is 23.6 Å². The molecular formula is C16H28N2O2S. The molecule has 0 spiro atoms. The van der Waals surface area contributed by atoms with Gasteiger partial charge in [0.15, 0.2) is 0 Å². The maximum absolute atomic E-state index is 12.8. The highest BCUT2D eigenvalue weighted by Crippen LogP contribution is 2.40. The molecule has 5 heteroatoms. The summed E-state index contributed by atoms with van der Waals surface area (Å²) in [7, 11) is 0. The van der Waals surface area contributed by atoms with Gasteiger partial charge in [-0.05, 0) is 39.4 Å². The van der Waals surface area contributed by atoms with Gasteiger partial charge in [0.2, 0.25) is 11.8 Å². The van der Waals surface area contributed by atoms with E-state index in [4.69, 9.17) is 0 Å². The molecule has 1 heterocycles. The highest BCUT2D eigenvalue weighted by Gasteiger charge is 2.47. The summed E-state index contributed by atoms with van der Waals surface area (Å²) >= 11 is 1.88. The Hall–Kier alpha value is -0.710. The van der Waals surface area contributed by atoms with Gasteiger partial charge in [0, 0.05) is 11.3 Å². The molecule has 2 fully saturated rings. The van der Waals surface area contributed by atoms with Gasteiger partial charge in [-0.1, -0.05) is 26.2 Å². The minimum atomic E-state index is -0.781. The monoisotopic (exact) mass is 312 g/mol. The molecule has 2 amide bonds. The molecule has 0 aromatic heterocycles. The third kappa shape index (κ3) is 3.22. The fourth-order valence-electron chi connectivity index (χ4n) is 3.61. The van der Waals surface area contributed by atoms with Crippen LogP contribution in [0.4, 0.5) is 0 Å². The first-order chi connectivity index (χ1) is 9.85. The molecule has 1 aliphatic carbocycles. The number of hydrogen-bond acceptors (Lipinski definition) is 3. The average Bonchev–Trinajstić information content (AvgIpc) is 2.45. The van der Waals surface area contributed by atoms with E-state index in [1.54, 1.807) is 13.8 Å². The summed E-state index contributed by atoms with van der Waals surface area (Å²) in [5.74, 6) is 0.0575. The van der Waals surface area contributed by atoms with Crippen molar-refractivity contribution in [3.8, 4) is 0 Å². The third-order valence-electron chi connectivity index (χ3n) is 4.95. The topological polar surface area (TPSA) is 49.4 Å². The lowest BCUT2D eigenvalue weighted by molar-refractivity contribution is -0.154. The summed E-state index contributed by atoms with van der Waals surface area (Å²) in [4.78, 5) is 27.0. The minimum absolute atomic E-state index is 0.00541. The Morgan fingerprint density at radius 3 is 2.38 bits per heavy atom. The first kappa shape index (κ1) is 16.7. The molecule has 1 saturated carbocycles. The van der Waals surface area contributed by atoms with Crippen molar-refractivity contribution < 1.29 is 9.59 Å². The van der Waals surface area contributed by atoms with Crippen LogP contribution in [0.2, 0.25) is 0 Å². The number of nitrogens with one attached hydrogen (secondary N) is 1. The molecule has 4 nitrogen and oxygen atoms in total. The lowest BCUT2D eigenvalue weighted by Gasteiger charge is -2.47. The Bertz CT molecular complexity index is 417. The SMILES string of the molecule is CCC1C(=O)NC(C)(C)C(=O)N1CC1(SC)CCCCC1. The van der Waals surface area contributed by atoms with Gasteiger partial charge in [0.05, 0.1) is 0 Å². The summed E-state index contributed by atoms with van der Waals surface area (Å²) in [6.07, 6.45) is 8.88.